The molecule has 0 atom stereocenters. The Morgan fingerprint density at radius 2 is 1.85 bits per heavy atom. The standard InChI is InChI=1S/C22H22ClN3O/c1-16-4-2-6-18(12-16)15-26-21-14-19(9-11-24-21)22(27)25-10-8-17-5-3-7-20(23)13-17/h2-7,9,11-14H,8,10,15H2,1H3,(H,24,26)(H,25,27). The van der Waals surface area contributed by atoms with E-state index in [4.69, 9.17) is 11.6 Å². The molecule has 0 fully saturated rings. The second kappa shape index (κ2) is 9.19. The van der Waals surface area contributed by atoms with E-state index in [1.165, 1.54) is 11.1 Å². The van der Waals surface area contributed by atoms with Crippen LogP contribution in [0.2, 0.25) is 5.02 Å². The monoisotopic (exact) mass is 379 g/mol. The van der Waals surface area contributed by atoms with Gasteiger partial charge in [0.25, 0.3) is 5.91 Å². The summed E-state index contributed by atoms with van der Waals surface area (Å²) >= 11 is 5.98. The number of amides is 1. The number of anilines is 1. The zero-order valence-corrected chi connectivity index (χ0v) is 16.0. The molecule has 1 heterocycles. The summed E-state index contributed by atoms with van der Waals surface area (Å²) < 4.78 is 0. The van der Waals surface area contributed by atoms with Gasteiger partial charge < -0.3 is 10.6 Å². The topological polar surface area (TPSA) is 54.0 Å². The number of carbonyl (C=O) groups excluding carboxylic acids is 1. The fraction of sp³-hybridized carbons (Fsp3) is 0.182. The maximum atomic E-state index is 12.4. The molecule has 5 heteroatoms. The highest BCUT2D eigenvalue weighted by Gasteiger charge is 2.07. The van der Waals surface area contributed by atoms with Gasteiger partial charge in [-0.2, -0.15) is 0 Å². The highest BCUT2D eigenvalue weighted by molar-refractivity contribution is 6.30. The molecule has 1 amide bonds. The molecule has 3 aromatic rings. The first-order chi connectivity index (χ1) is 13.1. The highest BCUT2D eigenvalue weighted by atomic mass is 35.5. The van der Waals surface area contributed by atoms with Crippen LogP contribution in [0.3, 0.4) is 0 Å². The maximum Gasteiger partial charge on any atom is 0.251 e. The van der Waals surface area contributed by atoms with E-state index in [1.807, 2.05) is 30.3 Å². The molecule has 2 aromatic carbocycles. The summed E-state index contributed by atoms with van der Waals surface area (Å²) in [6, 6.07) is 19.4. The second-order valence-electron chi connectivity index (χ2n) is 6.41. The van der Waals surface area contributed by atoms with Gasteiger partial charge in [0.1, 0.15) is 5.82 Å². The van der Waals surface area contributed by atoms with Crippen molar-refractivity contribution in [1.29, 1.82) is 0 Å². The maximum absolute atomic E-state index is 12.4. The van der Waals surface area contributed by atoms with Crippen molar-refractivity contribution in [1.82, 2.24) is 10.3 Å². The molecular weight excluding hydrogens is 358 g/mol. The molecule has 0 unspecified atom stereocenters. The predicted octanol–water partition coefficient (Wildman–Crippen LogP) is 4.63. The minimum absolute atomic E-state index is 0.113. The van der Waals surface area contributed by atoms with Crippen molar-refractivity contribution in [2.75, 3.05) is 11.9 Å². The van der Waals surface area contributed by atoms with Gasteiger partial charge in [0.2, 0.25) is 0 Å². The van der Waals surface area contributed by atoms with Crippen LogP contribution in [0.5, 0.6) is 0 Å². The minimum Gasteiger partial charge on any atom is -0.366 e. The van der Waals surface area contributed by atoms with E-state index in [0.29, 0.717) is 29.5 Å². The molecule has 27 heavy (non-hydrogen) atoms. The first kappa shape index (κ1) is 18.9. The summed E-state index contributed by atoms with van der Waals surface area (Å²) in [6.07, 6.45) is 2.38. The lowest BCUT2D eigenvalue weighted by Crippen LogP contribution is -2.25. The van der Waals surface area contributed by atoms with Crippen LogP contribution in [0.25, 0.3) is 0 Å². The van der Waals surface area contributed by atoms with Gasteiger partial charge in [-0.15, -0.1) is 0 Å². The van der Waals surface area contributed by atoms with E-state index in [9.17, 15) is 4.79 Å². The molecule has 0 radical (unpaired) electrons. The average molecular weight is 380 g/mol. The van der Waals surface area contributed by atoms with Gasteiger partial charge in [0.15, 0.2) is 0 Å². The Balaban J connectivity index is 1.53. The predicted molar refractivity (Wildman–Crippen MR) is 110 cm³/mol. The first-order valence-corrected chi connectivity index (χ1v) is 9.26. The number of aromatic nitrogens is 1. The number of hydrogen-bond acceptors (Lipinski definition) is 3. The normalized spacial score (nSPS) is 10.4. The number of aryl methyl sites for hydroxylation is 1. The summed E-state index contributed by atoms with van der Waals surface area (Å²) in [6.45, 7) is 3.28. The van der Waals surface area contributed by atoms with Crippen LogP contribution in [0, 0.1) is 6.92 Å². The van der Waals surface area contributed by atoms with Gasteiger partial charge in [0.05, 0.1) is 0 Å². The Morgan fingerprint density at radius 3 is 2.67 bits per heavy atom. The number of carbonyl (C=O) groups is 1. The van der Waals surface area contributed by atoms with Gasteiger partial charge >= 0.3 is 0 Å². The third-order valence-electron chi connectivity index (χ3n) is 4.17. The van der Waals surface area contributed by atoms with E-state index >= 15 is 0 Å². The lowest BCUT2D eigenvalue weighted by Gasteiger charge is -2.09. The number of pyridine rings is 1. The Bertz CT molecular complexity index is 927. The highest BCUT2D eigenvalue weighted by Crippen LogP contribution is 2.12. The number of halogens is 1. The van der Waals surface area contributed by atoms with Gasteiger partial charge in [-0.25, -0.2) is 4.98 Å². The number of nitrogens with one attached hydrogen (secondary N) is 2. The summed E-state index contributed by atoms with van der Waals surface area (Å²) in [7, 11) is 0. The molecule has 0 saturated carbocycles. The van der Waals surface area contributed by atoms with Crippen LogP contribution in [-0.4, -0.2) is 17.4 Å². The zero-order valence-electron chi connectivity index (χ0n) is 15.2. The van der Waals surface area contributed by atoms with E-state index in [2.05, 4.69) is 40.7 Å². The Labute approximate surface area is 164 Å². The summed E-state index contributed by atoms with van der Waals surface area (Å²) in [5.74, 6) is 0.567. The largest absolute Gasteiger partial charge is 0.366 e. The zero-order chi connectivity index (χ0) is 19.1. The first-order valence-electron chi connectivity index (χ1n) is 8.88. The van der Waals surface area contributed by atoms with Crippen LogP contribution in [0.1, 0.15) is 27.0 Å². The van der Waals surface area contributed by atoms with E-state index in [-0.39, 0.29) is 5.91 Å². The molecule has 0 spiro atoms. The van der Waals surface area contributed by atoms with Crippen LogP contribution >= 0.6 is 11.6 Å². The summed E-state index contributed by atoms with van der Waals surface area (Å²) in [4.78, 5) is 16.7. The van der Waals surface area contributed by atoms with Crippen LogP contribution in [0.4, 0.5) is 5.82 Å². The van der Waals surface area contributed by atoms with Crippen LogP contribution in [-0.2, 0) is 13.0 Å². The summed E-state index contributed by atoms with van der Waals surface area (Å²) in [5.41, 5.74) is 4.07. The third kappa shape index (κ3) is 5.83. The Kier molecular flexibility index (Phi) is 6.44. The van der Waals surface area contributed by atoms with E-state index < -0.39 is 0 Å². The van der Waals surface area contributed by atoms with Crippen molar-refractivity contribution in [3.63, 3.8) is 0 Å². The summed E-state index contributed by atoms with van der Waals surface area (Å²) in [5, 5.41) is 6.91. The van der Waals surface area contributed by atoms with Gasteiger partial charge in [-0.05, 0) is 48.7 Å². The molecule has 0 aliphatic carbocycles. The SMILES string of the molecule is Cc1cccc(CNc2cc(C(=O)NCCc3cccc(Cl)c3)ccn2)c1. The average Bonchev–Trinajstić information content (AvgIpc) is 2.67. The molecular formula is C22H22ClN3O. The van der Waals surface area contributed by atoms with Crippen LogP contribution < -0.4 is 10.6 Å². The minimum atomic E-state index is -0.113. The Morgan fingerprint density at radius 1 is 1.04 bits per heavy atom. The molecule has 0 bridgehead atoms. The molecule has 0 saturated heterocycles. The smallest absolute Gasteiger partial charge is 0.251 e. The molecule has 3 rings (SSSR count). The number of rotatable bonds is 7. The molecule has 0 aliphatic rings. The van der Waals surface area contributed by atoms with Crippen molar-refractivity contribution in [3.05, 3.63) is 94.1 Å². The quantitative estimate of drug-likeness (QED) is 0.629. The molecule has 138 valence electrons. The van der Waals surface area contributed by atoms with E-state index in [1.54, 1.807) is 18.3 Å². The molecule has 0 aliphatic heterocycles. The fourth-order valence-electron chi connectivity index (χ4n) is 2.80. The molecule has 2 N–H and O–H groups in total. The van der Waals surface area contributed by atoms with Crippen LogP contribution in [0.15, 0.2) is 66.9 Å². The number of hydrogen-bond donors (Lipinski definition) is 2. The lowest BCUT2D eigenvalue weighted by atomic mass is 10.1. The van der Waals surface area contributed by atoms with Crippen molar-refractivity contribution in [2.24, 2.45) is 0 Å². The number of benzene rings is 2. The molecule has 1 aromatic heterocycles. The Hall–Kier alpha value is -2.85. The van der Waals surface area contributed by atoms with Gasteiger partial charge in [-0.3, -0.25) is 4.79 Å². The van der Waals surface area contributed by atoms with Crippen molar-refractivity contribution in [3.8, 4) is 0 Å². The van der Waals surface area contributed by atoms with E-state index in [0.717, 1.165) is 12.0 Å². The van der Waals surface area contributed by atoms with Crippen molar-refractivity contribution in [2.45, 2.75) is 19.9 Å². The van der Waals surface area contributed by atoms with Gasteiger partial charge in [-0.1, -0.05) is 53.6 Å². The number of nitrogens with zero attached hydrogens (tertiary/aromatic N) is 1. The fourth-order valence-corrected chi connectivity index (χ4v) is 3.01. The molecule has 4 nitrogen and oxygen atoms in total. The van der Waals surface area contributed by atoms with Gasteiger partial charge in [0, 0.05) is 29.9 Å². The van der Waals surface area contributed by atoms with Crippen molar-refractivity contribution < 1.29 is 4.79 Å². The second-order valence-corrected chi connectivity index (χ2v) is 6.84. The third-order valence-corrected chi connectivity index (χ3v) is 4.40. The lowest BCUT2D eigenvalue weighted by molar-refractivity contribution is 0.0954. The van der Waals surface area contributed by atoms with Crippen molar-refractivity contribution >= 4 is 23.3 Å².